The van der Waals surface area contributed by atoms with Crippen molar-refractivity contribution in [3.8, 4) is 0 Å². The molecule has 2 rings (SSSR count). The largest absolute Gasteiger partial charge is 0.313 e. The summed E-state index contributed by atoms with van der Waals surface area (Å²) in [6.45, 7) is 4.10. The van der Waals surface area contributed by atoms with Gasteiger partial charge in [0.15, 0.2) is 0 Å². The van der Waals surface area contributed by atoms with Crippen molar-refractivity contribution in [2.45, 2.75) is 31.8 Å². The Morgan fingerprint density at radius 1 is 1.47 bits per heavy atom. The summed E-state index contributed by atoms with van der Waals surface area (Å²) in [6, 6.07) is 0.662. The van der Waals surface area contributed by atoms with E-state index in [0.717, 1.165) is 19.6 Å². The molecule has 5 nitrogen and oxygen atoms in total. The second-order valence-corrected chi connectivity index (χ2v) is 4.02. The summed E-state index contributed by atoms with van der Waals surface area (Å²) < 4.78 is 1.85. The van der Waals surface area contributed by atoms with E-state index in [2.05, 4.69) is 20.9 Å². The van der Waals surface area contributed by atoms with Gasteiger partial charge in [0, 0.05) is 25.3 Å². The minimum atomic E-state index is 0.662. The van der Waals surface area contributed by atoms with Gasteiger partial charge in [0.05, 0.1) is 12.7 Å². The van der Waals surface area contributed by atoms with Crippen molar-refractivity contribution in [2.24, 2.45) is 0 Å². The predicted molar refractivity (Wildman–Crippen MR) is 58.5 cm³/mol. The molecular weight excluding hydrogens is 190 g/mol. The lowest BCUT2D eigenvalue weighted by Crippen LogP contribution is -2.42. The first-order valence-corrected chi connectivity index (χ1v) is 5.73. The van der Waals surface area contributed by atoms with E-state index in [9.17, 15) is 0 Å². The molecule has 0 radical (unpaired) electrons. The molecule has 1 aliphatic rings. The van der Waals surface area contributed by atoms with Crippen molar-refractivity contribution in [1.29, 1.82) is 0 Å². The van der Waals surface area contributed by atoms with E-state index in [-0.39, 0.29) is 0 Å². The van der Waals surface area contributed by atoms with E-state index in [4.69, 9.17) is 0 Å². The van der Waals surface area contributed by atoms with Gasteiger partial charge in [-0.15, -0.1) is 5.10 Å². The van der Waals surface area contributed by atoms with Crippen LogP contribution in [0.15, 0.2) is 12.4 Å². The van der Waals surface area contributed by atoms with Crippen molar-refractivity contribution < 1.29 is 0 Å². The van der Waals surface area contributed by atoms with Gasteiger partial charge >= 0.3 is 0 Å². The summed E-state index contributed by atoms with van der Waals surface area (Å²) in [5, 5.41) is 14.6. The molecule has 5 heteroatoms. The highest BCUT2D eigenvalue weighted by Gasteiger charge is 2.10. The molecule has 0 spiro atoms. The summed E-state index contributed by atoms with van der Waals surface area (Å²) in [7, 11) is 0. The van der Waals surface area contributed by atoms with Crippen molar-refractivity contribution in [1.82, 2.24) is 25.6 Å². The Morgan fingerprint density at radius 3 is 3.20 bits per heavy atom. The molecule has 0 aliphatic carbocycles. The van der Waals surface area contributed by atoms with E-state index in [1.165, 1.54) is 25.8 Å². The molecule has 84 valence electrons. The van der Waals surface area contributed by atoms with Crippen LogP contribution >= 0.6 is 0 Å². The molecule has 1 saturated heterocycles. The molecule has 1 atom stereocenters. The highest BCUT2D eigenvalue weighted by molar-refractivity contribution is 4.74. The fourth-order valence-corrected chi connectivity index (χ4v) is 1.92. The lowest BCUT2D eigenvalue weighted by molar-refractivity contribution is 0.379. The fourth-order valence-electron chi connectivity index (χ4n) is 1.92. The van der Waals surface area contributed by atoms with Crippen molar-refractivity contribution in [2.75, 3.05) is 19.6 Å². The first-order chi connectivity index (χ1) is 7.45. The molecule has 0 aromatic carbocycles. The lowest BCUT2D eigenvalue weighted by atomic mass is 10.1. The van der Waals surface area contributed by atoms with Crippen LogP contribution in [-0.2, 0) is 6.54 Å². The van der Waals surface area contributed by atoms with Crippen molar-refractivity contribution in [3.63, 3.8) is 0 Å². The van der Waals surface area contributed by atoms with Crippen LogP contribution in [0.3, 0.4) is 0 Å². The van der Waals surface area contributed by atoms with Crippen molar-refractivity contribution in [3.05, 3.63) is 12.4 Å². The number of hydrogen-bond donors (Lipinski definition) is 2. The van der Waals surface area contributed by atoms with Gasteiger partial charge < -0.3 is 10.6 Å². The molecule has 15 heavy (non-hydrogen) atoms. The third-order valence-corrected chi connectivity index (χ3v) is 2.79. The Labute approximate surface area is 90.2 Å². The third kappa shape index (κ3) is 3.60. The number of nitrogens with one attached hydrogen (secondary N) is 2. The first-order valence-electron chi connectivity index (χ1n) is 5.73. The second-order valence-electron chi connectivity index (χ2n) is 4.02. The second kappa shape index (κ2) is 5.82. The van der Waals surface area contributed by atoms with Crippen LogP contribution < -0.4 is 10.6 Å². The zero-order valence-corrected chi connectivity index (χ0v) is 9.02. The maximum atomic E-state index is 3.91. The monoisotopic (exact) mass is 209 g/mol. The quantitative estimate of drug-likeness (QED) is 0.671. The Bertz CT molecular complexity index is 253. The van der Waals surface area contributed by atoms with Gasteiger partial charge in [-0.3, -0.25) is 4.68 Å². The van der Waals surface area contributed by atoms with Crippen LogP contribution in [0.1, 0.15) is 19.3 Å². The van der Waals surface area contributed by atoms with Gasteiger partial charge in [0.25, 0.3) is 0 Å². The third-order valence-electron chi connectivity index (χ3n) is 2.79. The number of aromatic nitrogens is 3. The van der Waals surface area contributed by atoms with Crippen molar-refractivity contribution >= 4 is 0 Å². The molecule has 0 saturated carbocycles. The molecular formula is C10H19N5. The summed E-state index contributed by atoms with van der Waals surface area (Å²) >= 11 is 0. The van der Waals surface area contributed by atoms with Crippen LogP contribution in [0.2, 0.25) is 0 Å². The first kappa shape index (κ1) is 10.6. The topological polar surface area (TPSA) is 54.8 Å². The Balaban J connectivity index is 1.54. The maximum Gasteiger partial charge on any atom is 0.0692 e. The van der Waals surface area contributed by atoms with E-state index in [1.807, 2.05) is 10.9 Å². The minimum Gasteiger partial charge on any atom is -0.313 e. The van der Waals surface area contributed by atoms with E-state index in [0.29, 0.717) is 6.04 Å². The molecule has 1 aromatic rings. The SMILES string of the molecule is c1cn(CCNCC2CCCCN2)nn1. The molecule has 1 fully saturated rings. The number of piperidine rings is 1. The molecule has 1 aromatic heterocycles. The molecule has 0 bridgehead atoms. The van der Waals surface area contributed by atoms with Crippen LogP contribution in [0.25, 0.3) is 0 Å². The van der Waals surface area contributed by atoms with Gasteiger partial charge in [0.1, 0.15) is 0 Å². The van der Waals surface area contributed by atoms with Crippen LogP contribution in [0.4, 0.5) is 0 Å². The van der Waals surface area contributed by atoms with Gasteiger partial charge in [0.2, 0.25) is 0 Å². The molecule has 1 aliphatic heterocycles. The minimum absolute atomic E-state index is 0.662. The van der Waals surface area contributed by atoms with Gasteiger partial charge in [-0.2, -0.15) is 0 Å². The highest BCUT2D eigenvalue weighted by Crippen LogP contribution is 2.05. The Hall–Kier alpha value is -0.940. The van der Waals surface area contributed by atoms with Crippen LogP contribution in [-0.4, -0.2) is 40.7 Å². The summed E-state index contributed by atoms with van der Waals surface area (Å²) in [5.74, 6) is 0. The van der Waals surface area contributed by atoms with Crippen LogP contribution in [0, 0.1) is 0 Å². The van der Waals surface area contributed by atoms with Gasteiger partial charge in [-0.25, -0.2) is 0 Å². The van der Waals surface area contributed by atoms with Crippen LogP contribution in [0.5, 0.6) is 0 Å². The normalized spacial score (nSPS) is 21.7. The standard InChI is InChI=1S/C10H19N5/c1-2-4-12-10(3-1)9-11-5-7-15-8-6-13-14-15/h6,8,10-12H,1-5,7,9H2. The smallest absolute Gasteiger partial charge is 0.0692 e. The predicted octanol–water partition coefficient (Wildman–Crippen LogP) is 0.00980. The average Bonchev–Trinajstić information content (AvgIpc) is 2.79. The number of nitrogens with zero attached hydrogens (tertiary/aromatic N) is 3. The summed E-state index contributed by atoms with van der Waals surface area (Å²) in [6.07, 6.45) is 7.59. The van der Waals surface area contributed by atoms with Gasteiger partial charge in [-0.1, -0.05) is 11.6 Å². The Morgan fingerprint density at radius 2 is 2.47 bits per heavy atom. The molecule has 2 heterocycles. The van der Waals surface area contributed by atoms with Gasteiger partial charge in [-0.05, 0) is 19.4 Å². The summed E-state index contributed by atoms with van der Waals surface area (Å²) in [5.41, 5.74) is 0. The van der Waals surface area contributed by atoms with E-state index in [1.54, 1.807) is 6.20 Å². The van der Waals surface area contributed by atoms with E-state index >= 15 is 0 Å². The zero-order valence-electron chi connectivity index (χ0n) is 9.02. The molecule has 0 amide bonds. The summed E-state index contributed by atoms with van der Waals surface area (Å²) in [4.78, 5) is 0. The zero-order chi connectivity index (χ0) is 10.3. The molecule has 2 N–H and O–H groups in total. The average molecular weight is 209 g/mol. The highest BCUT2D eigenvalue weighted by atomic mass is 15.4. The number of hydrogen-bond acceptors (Lipinski definition) is 4. The number of rotatable bonds is 5. The molecule has 1 unspecified atom stereocenters. The Kier molecular flexibility index (Phi) is 4.11. The van der Waals surface area contributed by atoms with E-state index < -0.39 is 0 Å². The lowest BCUT2D eigenvalue weighted by Gasteiger charge is -2.23. The maximum absolute atomic E-state index is 3.91. The fraction of sp³-hybridized carbons (Fsp3) is 0.800.